The van der Waals surface area contributed by atoms with Crippen LogP contribution in [0.3, 0.4) is 0 Å². The molecule has 1 aliphatic heterocycles. The van der Waals surface area contributed by atoms with Crippen LogP contribution in [0.15, 0.2) is 60.9 Å². The quantitative estimate of drug-likeness (QED) is 0.475. The molecule has 8 heteroatoms. The number of nitrogens with one attached hydrogen (secondary N) is 1. The van der Waals surface area contributed by atoms with Gasteiger partial charge in [0, 0.05) is 48.2 Å². The standard InChI is InChI=1S/C24H22ClFN6/c1-31-8-10-32(11-9-31)24-14-23(27-15-28-24)30-21-13-22(18-12-16(25)6-7-19(18)26)29-20-5-3-2-4-17(20)21/h2-7,12-15H,8-11H2,1H3,(H,27,28,29,30). The summed E-state index contributed by atoms with van der Waals surface area (Å²) >= 11 is 6.12. The molecule has 4 aromatic rings. The molecule has 2 aromatic carbocycles. The van der Waals surface area contributed by atoms with Gasteiger partial charge >= 0.3 is 0 Å². The second-order valence-corrected chi connectivity index (χ2v) is 8.31. The van der Waals surface area contributed by atoms with Gasteiger partial charge < -0.3 is 15.1 Å². The predicted octanol–water partition coefficient (Wildman–Crippen LogP) is 4.98. The van der Waals surface area contributed by atoms with Crippen LogP contribution in [-0.2, 0) is 0 Å². The Hall–Kier alpha value is -3.29. The Kier molecular flexibility index (Phi) is 5.59. The monoisotopic (exact) mass is 448 g/mol. The van der Waals surface area contributed by atoms with Crippen molar-refractivity contribution in [2.75, 3.05) is 43.4 Å². The van der Waals surface area contributed by atoms with Gasteiger partial charge in [-0.2, -0.15) is 0 Å². The summed E-state index contributed by atoms with van der Waals surface area (Å²) in [7, 11) is 2.12. The average molecular weight is 449 g/mol. The highest BCUT2D eigenvalue weighted by atomic mass is 35.5. The summed E-state index contributed by atoms with van der Waals surface area (Å²) in [6.07, 6.45) is 1.57. The first kappa shape index (κ1) is 20.6. The summed E-state index contributed by atoms with van der Waals surface area (Å²) in [4.78, 5) is 18.1. The highest BCUT2D eigenvalue weighted by Gasteiger charge is 2.17. The Balaban J connectivity index is 1.53. The van der Waals surface area contributed by atoms with E-state index in [2.05, 4.69) is 37.1 Å². The molecule has 6 nitrogen and oxygen atoms in total. The van der Waals surface area contributed by atoms with E-state index in [9.17, 15) is 4.39 Å². The molecule has 5 rings (SSSR count). The van der Waals surface area contributed by atoms with Crippen LogP contribution in [0.25, 0.3) is 22.2 Å². The molecule has 0 spiro atoms. The third-order valence-electron chi connectivity index (χ3n) is 5.66. The van der Waals surface area contributed by atoms with Crippen molar-refractivity contribution in [1.29, 1.82) is 0 Å². The van der Waals surface area contributed by atoms with Gasteiger partial charge in [-0.3, -0.25) is 0 Å². The lowest BCUT2D eigenvalue weighted by Gasteiger charge is -2.33. The minimum atomic E-state index is -0.373. The fourth-order valence-electron chi connectivity index (χ4n) is 3.87. The van der Waals surface area contributed by atoms with Crippen molar-refractivity contribution in [3.8, 4) is 11.3 Å². The van der Waals surface area contributed by atoms with Crippen LogP contribution in [0.4, 0.5) is 21.7 Å². The summed E-state index contributed by atoms with van der Waals surface area (Å²) in [6.45, 7) is 3.83. The highest BCUT2D eigenvalue weighted by molar-refractivity contribution is 6.30. The van der Waals surface area contributed by atoms with Crippen LogP contribution in [0.2, 0.25) is 5.02 Å². The summed E-state index contributed by atoms with van der Waals surface area (Å²) in [5, 5.41) is 4.77. The third kappa shape index (κ3) is 4.22. The molecule has 0 aliphatic carbocycles. The summed E-state index contributed by atoms with van der Waals surface area (Å²) in [5.74, 6) is 1.18. The van der Waals surface area contributed by atoms with Crippen molar-refractivity contribution < 1.29 is 4.39 Å². The zero-order valence-electron chi connectivity index (χ0n) is 17.6. The number of benzene rings is 2. The number of pyridine rings is 1. The van der Waals surface area contributed by atoms with Crippen LogP contribution >= 0.6 is 11.6 Å². The van der Waals surface area contributed by atoms with Gasteiger partial charge in [0.1, 0.15) is 23.8 Å². The number of para-hydroxylation sites is 1. The van der Waals surface area contributed by atoms with Gasteiger partial charge in [0.05, 0.1) is 16.9 Å². The van der Waals surface area contributed by atoms with Crippen LogP contribution in [0.5, 0.6) is 0 Å². The van der Waals surface area contributed by atoms with Gasteiger partial charge in [-0.25, -0.2) is 19.3 Å². The zero-order chi connectivity index (χ0) is 22.1. The van der Waals surface area contributed by atoms with Crippen molar-refractivity contribution in [3.63, 3.8) is 0 Å². The third-order valence-corrected chi connectivity index (χ3v) is 5.90. The fourth-order valence-corrected chi connectivity index (χ4v) is 4.04. The number of rotatable bonds is 4. The van der Waals surface area contributed by atoms with Crippen LogP contribution in [0.1, 0.15) is 0 Å². The number of nitrogens with zero attached hydrogens (tertiary/aromatic N) is 5. The van der Waals surface area contributed by atoms with E-state index in [4.69, 9.17) is 11.6 Å². The minimum absolute atomic E-state index is 0.354. The van der Waals surface area contributed by atoms with Crippen molar-refractivity contribution in [3.05, 3.63) is 71.8 Å². The summed E-state index contributed by atoms with van der Waals surface area (Å²) < 4.78 is 14.6. The normalized spacial score (nSPS) is 14.7. The number of halogens is 2. The van der Waals surface area contributed by atoms with E-state index in [1.165, 1.54) is 12.1 Å². The van der Waals surface area contributed by atoms with Crippen LogP contribution in [0, 0.1) is 5.82 Å². The van der Waals surface area contributed by atoms with E-state index in [0.29, 0.717) is 22.1 Å². The van der Waals surface area contributed by atoms with Crippen molar-refractivity contribution >= 4 is 39.8 Å². The first-order chi connectivity index (χ1) is 15.6. The fraction of sp³-hybridized carbons (Fsp3) is 0.208. The molecule has 0 saturated carbocycles. The maximum absolute atomic E-state index is 14.6. The molecule has 0 bridgehead atoms. The maximum Gasteiger partial charge on any atom is 0.135 e. The average Bonchev–Trinajstić information content (AvgIpc) is 2.81. The zero-order valence-corrected chi connectivity index (χ0v) is 18.3. The van der Waals surface area contributed by atoms with Crippen molar-refractivity contribution in [2.24, 2.45) is 0 Å². The summed E-state index contributed by atoms with van der Waals surface area (Å²) in [5.41, 5.74) is 2.39. The van der Waals surface area contributed by atoms with E-state index < -0.39 is 0 Å². The molecule has 1 N–H and O–H groups in total. The molecule has 1 saturated heterocycles. The molecule has 3 heterocycles. The van der Waals surface area contributed by atoms with Gasteiger partial charge in [0.25, 0.3) is 0 Å². The molecule has 162 valence electrons. The number of fused-ring (bicyclic) bond motifs is 1. The van der Waals surface area contributed by atoms with Crippen LogP contribution < -0.4 is 10.2 Å². The number of likely N-dealkylation sites (N-methyl/N-ethyl adjacent to an activating group) is 1. The first-order valence-corrected chi connectivity index (χ1v) is 10.8. The van der Waals surface area contributed by atoms with E-state index >= 15 is 0 Å². The molecular weight excluding hydrogens is 427 g/mol. The molecule has 0 amide bonds. The Morgan fingerprint density at radius 3 is 2.62 bits per heavy atom. The Morgan fingerprint density at radius 2 is 1.78 bits per heavy atom. The lowest BCUT2D eigenvalue weighted by molar-refractivity contribution is 0.312. The van der Waals surface area contributed by atoms with Crippen molar-refractivity contribution in [1.82, 2.24) is 19.9 Å². The van der Waals surface area contributed by atoms with Crippen LogP contribution in [-0.4, -0.2) is 53.1 Å². The number of aromatic nitrogens is 3. The lowest BCUT2D eigenvalue weighted by Crippen LogP contribution is -2.44. The molecule has 32 heavy (non-hydrogen) atoms. The van der Waals surface area contributed by atoms with E-state index in [1.807, 2.05) is 36.4 Å². The highest BCUT2D eigenvalue weighted by Crippen LogP contribution is 2.32. The topological polar surface area (TPSA) is 57.2 Å². The SMILES string of the molecule is CN1CCN(c2cc(Nc3cc(-c4cc(Cl)ccc4F)nc4ccccc34)ncn2)CC1. The number of piperazine rings is 1. The summed E-state index contributed by atoms with van der Waals surface area (Å²) in [6, 6.07) is 16.0. The Labute approximate surface area is 190 Å². The van der Waals surface area contributed by atoms with Gasteiger partial charge in [0.2, 0.25) is 0 Å². The Morgan fingerprint density at radius 1 is 0.969 bits per heavy atom. The minimum Gasteiger partial charge on any atom is -0.354 e. The largest absolute Gasteiger partial charge is 0.354 e. The number of hydrogen-bond acceptors (Lipinski definition) is 6. The maximum atomic E-state index is 14.6. The molecular formula is C24H22ClFN6. The van der Waals surface area contributed by atoms with Gasteiger partial charge in [0.15, 0.2) is 0 Å². The van der Waals surface area contributed by atoms with Gasteiger partial charge in [-0.15, -0.1) is 0 Å². The van der Waals surface area contributed by atoms with E-state index in [-0.39, 0.29) is 5.82 Å². The Bertz CT molecular complexity index is 1270. The molecule has 1 aliphatic rings. The van der Waals surface area contributed by atoms with Gasteiger partial charge in [-0.05, 0) is 37.4 Å². The molecule has 0 radical (unpaired) electrons. The number of hydrogen-bond donors (Lipinski definition) is 1. The first-order valence-electron chi connectivity index (χ1n) is 10.4. The molecule has 2 aromatic heterocycles. The van der Waals surface area contributed by atoms with Gasteiger partial charge in [-0.1, -0.05) is 29.8 Å². The molecule has 0 atom stereocenters. The van der Waals surface area contributed by atoms with E-state index in [0.717, 1.165) is 48.6 Å². The lowest BCUT2D eigenvalue weighted by atomic mass is 10.1. The van der Waals surface area contributed by atoms with Crippen molar-refractivity contribution in [2.45, 2.75) is 0 Å². The second kappa shape index (κ2) is 8.68. The molecule has 1 fully saturated rings. The van der Waals surface area contributed by atoms with E-state index in [1.54, 1.807) is 12.4 Å². The number of anilines is 3. The second-order valence-electron chi connectivity index (χ2n) is 7.87. The predicted molar refractivity (Wildman–Crippen MR) is 127 cm³/mol. The molecule has 0 unspecified atom stereocenters. The smallest absolute Gasteiger partial charge is 0.135 e.